The maximum atomic E-state index is 14.3. The van der Waals surface area contributed by atoms with E-state index in [0.29, 0.717) is 17.6 Å². The third kappa shape index (κ3) is 5.65. The molecule has 0 atom stereocenters. The molecule has 3 N–H and O–H groups in total. The van der Waals surface area contributed by atoms with Gasteiger partial charge in [0.2, 0.25) is 0 Å². The number of anilines is 1. The molecule has 10 heteroatoms. The first kappa shape index (κ1) is 23.5. The summed E-state index contributed by atoms with van der Waals surface area (Å²) in [6.45, 7) is 3.16. The SMILES string of the molecule is CCCc1ccc(NN/C=C(F)\C(=N/C)NSc2c(C)c(F)c(F)c(F)c2F)cc1. The van der Waals surface area contributed by atoms with Gasteiger partial charge in [0, 0.05) is 12.6 Å². The molecule has 2 aromatic carbocycles. The lowest BCUT2D eigenvalue weighted by Gasteiger charge is -2.12. The fraction of sp³-hybridized carbons (Fsp3) is 0.250. The summed E-state index contributed by atoms with van der Waals surface area (Å²) in [7, 11) is 1.27. The molecule has 0 heterocycles. The van der Waals surface area contributed by atoms with Crippen molar-refractivity contribution >= 4 is 23.5 Å². The van der Waals surface area contributed by atoms with Gasteiger partial charge in [0.1, 0.15) is 0 Å². The highest BCUT2D eigenvalue weighted by Gasteiger charge is 2.24. The van der Waals surface area contributed by atoms with Crippen LogP contribution in [0.25, 0.3) is 0 Å². The van der Waals surface area contributed by atoms with Crippen LogP contribution in [0.5, 0.6) is 0 Å². The van der Waals surface area contributed by atoms with Gasteiger partial charge >= 0.3 is 0 Å². The third-order valence-corrected chi connectivity index (χ3v) is 5.04. The minimum atomic E-state index is -1.94. The van der Waals surface area contributed by atoms with Crippen molar-refractivity contribution in [1.82, 2.24) is 10.1 Å². The molecule has 0 fully saturated rings. The Morgan fingerprint density at radius 3 is 2.27 bits per heavy atom. The van der Waals surface area contributed by atoms with Gasteiger partial charge in [-0.25, -0.2) is 22.0 Å². The van der Waals surface area contributed by atoms with E-state index in [-0.39, 0.29) is 5.84 Å². The molecule has 0 aliphatic heterocycles. The average Bonchev–Trinajstić information content (AvgIpc) is 2.74. The summed E-state index contributed by atoms with van der Waals surface area (Å²) in [5, 5.41) is 0. The van der Waals surface area contributed by atoms with Crippen LogP contribution in [0.15, 0.2) is 46.2 Å². The minimum Gasteiger partial charge on any atom is -0.308 e. The predicted octanol–water partition coefficient (Wildman–Crippen LogP) is 5.56. The summed E-state index contributed by atoms with van der Waals surface area (Å²) in [5.41, 5.74) is 6.77. The zero-order chi connectivity index (χ0) is 22.3. The van der Waals surface area contributed by atoms with Crippen LogP contribution in [0.3, 0.4) is 0 Å². The smallest absolute Gasteiger partial charge is 0.198 e. The molecule has 0 amide bonds. The van der Waals surface area contributed by atoms with Crippen molar-refractivity contribution in [3.63, 3.8) is 0 Å². The molecule has 0 aromatic heterocycles. The molecule has 0 spiro atoms. The Kier molecular flexibility index (Phi) is 8.52. The molecule has 2 aromatic rings. The van der Waals surface area contributed by atoms with Crippen LogP contribution >= 0.6 is 11.9 Å². The number of hydrogen-bond donors (Lipinski definition) is 3. The highest BCUT2D eigenvalue weighted by Crippen LogP contribution is 2.30. The zero-order valence-electron chi connectivity index (χ0n) is 16.5. The molecule has 0 bridgehead atoms. The van der Waals surface area contributed by atoms with E-state index in [2.05, 4.69) is 27.5 Å². The lowest BCUT2D eigenvalue weighted by Crippen LogP contribution is -2.21. The molecule has 0 radical (unpaired) electrons. The number of nitrogens with zero attached hydrogens (tertiary/aromatic N) is 1. The van der Waals surface area contributed by atoms with E-state index in [9.17, 15) is 22.0 Å². The van der Waals surface area contributed by atoms with E-state index in [1.165, 1.54) is 12.6 Å². The molecule has 0 saturated carbocycles. The molecule has 30 heavy (non-hydrogen) atoms. The van der Waals surface area contributed by atoms with Crippen LogP contribution in [0.4, 0.5) is 27.6 Å². The molecule has 162 valence electrons. The first-order valence-corrected chi connectivity index (χ1v) is 9.80. The zero-order valence-corrected chi connectivity index (χ0v) is 17.4. The van der Waals surface area contributed by atoms with E-state index in [0.717, 1.165) is 26.0 Å². The Morgan fingerprint density at radius 2 is 1.67 bits per heavy atom. The van der Waals surface area contributed by atoms with E-state index in [4.69, 9.17) is 0 Å². The summed E-state index contributed by atoms with van der Waals surface area (Å²) >= 11 is 0.376. The number of hydrazine groups is 1. The van der Waals surface area contributed by atoms with Crippen LogP contribution < -0.4 is 15.6 Å². The summed E-state index contributed by atoms with van der Waals surface area (Å²) in [5.74, 6) is -8.11. The second-order valence-electron chi connectivity index (χ2n) is 6.19. The standard InChI is InChI=1S/C20H21F5N4S/c1-4-5-12-6-8-13(9-7-12)28-27-10-14(21)20(26-3)29-30-19-11(2)15(22)16(23)17(24)18(19)25/h6-10,27-28H,4-5H2,1-3H3,(H,26,29)/b14-10+. The van der Waals surface area contributed by atoms with E-state index in [1.54, 1.807) is 0 Å². The van der Waals surface area contributed by atoms with Crippen molar-refractivity contribution in [3.05, 3.63) is 70.7 Å². The van der Waals surface area contributed by atoms with Crippen LogP contribution in [0, 0.1) is 30.2 Å². The number of halogens is 5. The van der Waals surface area contributed by atoms with Gasteiger partial charge in [0.25, 0.3) is 0 Å². The number of nitrogens with one attached hydrogen (secondary N) is 3. The van der Waals surface area contributed by atoms with Gasteiger partial charge in [-0.3, -0.25) is 4.99 Å². The van der Waals surface area contributed by atoms with Crippen molar-refractivity contribution in [3.8, 4) is 0 Å². The van der Waals surface area contributed by atoms with Crippen molar-refractivity contribution in [2.24, 2.45) is 4.99 Å². The van der Waals surface area contributed by atoms with Crippen LogP contribution in [0.1, 0.15) is 24.5 Å². The second kappa shape index (κ2) is 10.9. The first-order valence-electron chi connectivity index (χ1n) is 8.98. The number of hydrogen-bond acceptors (Lipinski definition) is 4. The van der Waals surface area contributed by atoms with Gasteiger partial charge in [0.15, 0.2) is 34.9 Å². The summed E-state index contributed by atoms with van der Waals surface area (Å²) in [6, 6.07) is 7.55. The Morgan fingerprint density at radius 1 is 1.03 bits per heavy atom. The molecule has 0 saturated heterocycles. The second-order valence-corrected chi connectivity index (χ2v) is 7.01. The van der Waals surface area contributed by atoms with Gasteiger partial charge in [0.05, 0.1) is 16.8 Å². The Hall–Kier alpha value is -2.75. The maximum absolute atomic E-state index is 14.3. The number of aryl methyl sites for hydroxylation is 1. The Bertz CT molecular complexity index is 916. The lowest BCUT2D eigenvalue weighted by atomic mass is 10.1. The van der Waals surface area contributed by atoms with Crippen molar-refractivity contribution in [2.45, 2.75) is 31.6 Å². The van der Waals surface area contributed by atoms with Gasteiger partial charge in [-0.1, -0.05) is 25.5 Å². The van der Waals surface area contributed by atoms with E-state index < -0.39 is 39.6 Å². The topological polar surface area (TPSA) is 48.5 Å². The van der Waals surface area contributed by atoms with E-state index in [1.807, 2.05) is 24.3 Å². The normalized spacial score (nSPS) is 12.1. The fourth-order valence-electron chi connectivity index (χ4n) is 2.44. The van der Waals surface area contributed by atoms with Crippen molar-refractivity contribution < 1.29 is 22.0 Å². The monoisotopic (exact) mass is 444 g/mol. The molecule has 0 unspecified atom stereocenters. The first-order chi connectivity index (χ1) is 14.3. The summed E-state index contributed by atoms with van der Waals surface area (Å²) in [4.78, 5) is 3.13. The fourth-order valence-corrected chi connectivity index (χ4v) is 3.25. The Balaban J connectivity index is 2.01. The van der Waals surface area contributed by atoms with Crippen molar-refractivity contribution in [2.75, 3.05) is 12.5 Å². The number of aliphatic imine (C=N–C) groups is 1. The van der Waals surface area contributed by atoms with Crippen LogP contribution in [-0.2, 0) is 6.42 Å². The lowest BCUT2D eigenvalue weighted by molar-refractivity contribution is 0.394. The number of rotatable bonds is 8. The highest BCUT2D eigenvalue weighted by atomic mass is 32.2. The maximum Gasteiger partial charge on any atom is 0.198 e. The van der Waals surface area contributed by atoms with Crippen LogP contribution in [0.2, 0.25) is 0 Å². The van der Waals surface area contributed by atoms with Gasteiger partial charge in [-0.05, 0) is 43.0 Å². The molecule has 2 rings (SSSR count). The van der Waals surface area contributed by atoms with Gasteiger partial charge in [-0.15, -0.1) is 0 Å². The summed E-state index contributed by atoms with van der Waals surface area (Å²) in [6.07, 6.45) is 2.96. The highest BCUT2D eigenvalue weighted by molar-refractivity contribution is 7.98. The molecular weight excluding hydrogens is 423 g/mol. The Labute approximate surface area is 175 Å². The predicted molar refractivity (Wildman–Crippen MR) is 110 cm³/mol. The largest absolute Gasteiger partial charge is 0.308 e. The average molecular weight is 444 g/mol. The summed E-state index contributed by atoms with van der Waals surface area (Å²) < 4.78 is 70.9. The van der Waals surface area contributed by atoms with E-state index >= 15 is 0 Å². The van der Waals surface area contributed by atoms with Crippen molar-refractivity contribution in [1.29, 1.82) is 0 Å². The number of benzene rings is 2. The molecule has 4 nitrogen and oxygen atoms in total. The number of amidine groups is 1. The van der Waals surface area contributed by atoms with Gasteiger partial charge in [-0.2, -0.15) is 0 Å². The van der Waals surface area contributed by atoms with Crippen LogP contribution in [-0.4, -0.2) is 12.9 Å². The molecular formula is C20H21F5N4S. The molecule has 0 aliphatic rings. The third-order valence-electron chi connectivity index (χ3n) is 4.05. The van der Waals surface area contributed by atoms with Gasteiger partial charge < -0.3 is 15.6 Å². The minimum absolute atomic E-state index is 0.323. The molecule has 0 aliphatic carbocycles. The quantitative estimate of drug-likeness (QED) is 0.0950.